The van der Waals surface area contributed by atoms with Crippen molar-refractivity contribution in [3.63, 3.8) is 0 Å². The Hall–Kier alpha value is -1.10. The molecule has 7 atom stereocenters. The van der Waals surface area contributed by atoms with Gasteiger partial charge in [0.15, 0.2) is 0 Å². The second-order valence-electron chi connectivity index (χ2n) is 11.5. The number of aliphatic hydroxyl groups excluding tert-OH is 1. The Bertz CT molecular complexity index is 686. The fourth-order valence-corrected chi connectivity index (χ4v) is 8.39. The molecule has 0 aromatic carbocycles. The first-order valence-electron chi connectivity index (χ1n) is 11.0. The Morgan fingerprint density at radius 2 is 1.75 bits per heavy atom. The van der Waals surface area contributed by atoms with Gasteiger partial charge in [0.05, 0.1) is 6.10 Å². The highest BCUT2D eigenvalue weighted by Gasteiger charge is 2.71. The van der Waals surface area contributed by atoms with E-state index >= 15 is 0 Å². The third-order valence-electron chi connectivity index (χ3n) is 9.69. The van der Waals surface area contributed by atoms with Gasteiger partial charge in [0.25, 0.3) is 0 Å². The summed E-state index contributed by atoms with van der Waals surface area (Å²) in [6.07, 6.45) is 7.04. The Morgan fingerprint density at radius 1 is 1.04 bits per heavy atom. The van der Waals surface area contributed by atoms with Crippen LogP contribution in [0.25, 0.3) is 0 Å². The van der Waals surface area contributed by atoms with E-state index in [1.807, 2.05) is 0 Å². The molecule has 4 aliphatic rings. The molecule has 2 N–H and O–H groups in total. The molecule has 4 rings (SSSR count). The molecule has 4 fully saturated rings. The molecule has 4 saturated carbocycles. The summed E-state index contributed by atoms with van der Waals surface area (Å²) in [5.74, 6) is -1.13. The number of aliphatic hydroxyl groups is 1. The van der Waals surface area contributed by atoms with Crippen molar-refractivity contribution >= 4 is 11.9 Å². The summed E-state index contributed by atoms with van der Waals surface area (Å²) in [5.41, 5.74) is 0.457. The average molecular weight is 393 g/mol. The highest BCUT2D eigenvalue weighted by atomic mass is 16.5. The molecular weight excluding hydrogens is 356 g/mol. The third-order valence-corrected chi connectivity index (χ3v) is 9.69. The summed E-state index contributed by atoms with van der Waals surface area (Å²) in [6, 6.07) is 0. The van der Waals surface area contributed by atoms with E-state index in [-0.39, 0.29) is 39.8 Å². The molecule has 5 heteroatoms. The highest BCUT2D eigenvalue weighted by Crippen LogP contribution is 2.76. The monoisotopic (exact) mass is 392 g/mol. The number of hydrogen-bond donors (Lipinski definition) is 2. The number of fused-ring (bicyclic) bond motifs is 2. The molecule has 4 aliphatic carbocycles. The van der Waals surface area contributed by atoms with Gasteiger partial charge in [-0.15, -0.1) is 0 Å². The number of carbonyl (C=O) groups is 2. The van der Waals surface area contributed by atoms with Crippen LogP contribution in [-0.4, -0.2) is 34.4 Å². The van der Waals surface area contributed by atoms with E-state index in [1.54, 1.807) is 0 Å². The van der Waals surface area contributed by atoms with Gasteiger partial charge in [-0.05, 0) is 73.0 Å². The summed E-state index contributed by atoms with van der Waals surface area (Å²) in [6.45, 7) is 9.46. The van der Waals surface area contributed by atoms with E-state index in [4.69, 9.17) is 9.84 Å². The van der Waals surface area contributed by atoms with Crippen LogP contribution in [0.4, 0.5) is 0 Å². The average Bonchev–Trinajstić information content (AvgIpc) is 2.87. The van der Waals surface area contributed by atoms with Crippen molar-refractivity contribution in [2.24, 2.45) is 33.5 Å². The van der Waals surface area contributed by atoms with Gasteiger partial charge in [-0.2, -0.15) is 0 Å². The number of hydrogen-bond acceptors (Lipinski definition) is 4. The third kappa shape index (κ3) is 2.68. The lowest BCUT2D eigenvalue weighted by atomic mass is 9.37. The van der Waals surface area contributed by atoms with E-state index in [9.17, 15) is 14.7 Å². The lowest BCUT2D eigenvalue weighted by Gasteiger charge is -2.68. The first-order valence-corrected chi connectivity index (χ1v) is 11.0. The number of ether oxygens (including phenoxy) is 1. The van der Waals surface area contributed by atoms with E-state index in [2.05, 4.69) is 27.7 Å². The van der Waals surface area contributed by atoms with Gasteiger partial charge in [-0.3, -0.25) is 9.59 Å². The van der Waals surface area contributed by atoms with E-state index in [0.717, 1.165) is 25.7 Å². The molecule has 158 valence electrons. The van der Waals surface area contributed by atoms with Crippen LogP contribution in [0.5, 0.6) is 0 Å². The highest BCUT2D eigenvalue weighted by molar-refractivity contribution is 5.90. The van der Waals surface area contributed by atoms with E-state index in [0.29, 0.717) is 12.3 Å². The van der Waals surface area contributed by atoms with Crippen LogP contribution >= 0.6 is 0 Å². The fourth-order valence-electron chi connectivity index (χ4n) is 8.39. The predicted octanol–water partition coefficient (Wildman–Crippen LogP) is 4.17. The van der Waals surface area contributed by atoms with Crippen molar-refractivity contribution in [2.45, 2.75) is 97.7 Å². The van der Waals surface area contributed by atoms with Gasteiger partial charge < -0.3 is 14.9 Å². The normalized spacial score (nSPS) is 49.0. The van der Waals surface area contributed by atoms with Gasteiger partial charge in [-0.1, -0.05) is 34.1 Å². The number of aliphatic carboxylic acids is 1. The zero-order valence-electron chi connectivity index (χ0n) is 17.8. The minimum absolute atomic E-state index is 0.109. The fraction of sp³-hybridized carbons (Fsp3) is 0.913. The summed E-state index contributed by atoms with van der Waals surface area (Å²) < 4.78 is 5.71. The van der Waals surface area contributed by atoms with Crippen LogP contribution in [0.15, 0.2) is 0 Å². The SMILES string of the molecule is CC1(C)CCCC2(C)C1CC(O)C1CC(OC(=O)CC(=O)O)C3(C)CCC12C3. The number of carboxylic acids is 1. The molecule has 1 spiro atoms. The van der Waals surface area contributed by atoms with Gasteiger partial charge in [-0.25, -0.2) is 0 Å². The Kier molecular flexibility index (Phi) is 4.47. The first-order chi connectivity index (χ1) is 12.9. The predicted molar refractivity (Wildman–Crippen MR) is 104 cm³/mol. The smallest absolute Gasteiger partial charge is 0.317 e. The van der Waals surface area contributed by atoms with Crippen molar-refractivity contribution in [1.29, 1.82) is 0 Å². The summed E-state index contributed by atoms with van der Waals surface area (Å²) in [7, 11) is 0. The van der Waals surface area contributed by atoms with Crippen LogP contribution in [0, 0.1) is 33.5 Å². The maximum Gasteiger partial charge on any atom is 0.317 e. The van der Waals surface area contributed by atoms with Gasteiger partial charge in [0.2, 0.25) is 0 Å². The molecule has 28 heavy (non-hydrogen) atoms. The number of carbonyl (C=O) groups excluding carboxylic acids is 1. The largest absolute Gasteiger partial charge is 0.481 e. The van der Waals surface area contributed by atoms with Crippen LogP contribution in [0.2, 0.25) is 0 Å². The van der Waals surface area contributed by atoms with E-state index in [1.165, 1.54) is 19.3 Å². The summed E-state index contributed by atoms with van der Waals surface area (Å²) in [4.78, 5) is 23.0. The molecule has 0 aromatic rings. The van der Waals surface area contributed by atoms with Crippen LogP contribution in [0.1, 0.15) is 85.5 Å². The maximum atomic E-state index is 12.1. The number of carboxylic acid groups (broad SMARTS) is 1. The van der Waals surface area contributed by atoms with Crippen LogP contribution in [-0.2, 0) is 14.3 Å². The van der Waals surface area contributed by atoms with Crippen molar-refractivity contribution in [2.75, 3.05) is 0 Å². The second-order valence-corrected chi connectivity index (χ2v) is 11.5. The second kappa shape index (κ2) is 6.20. The summed E-state index contributed by atoms with van der Waals surface area (Å²) >= 11 is 0. The molecule has 5 nitrogen and oxygen atoms in total. The maximum absolute atomic E-state index is 12.1. The molecule has 0 saturated heterocycles. The molecule has 0 amide bonds. The van der Waals surface area contributed by atoms with Gasteiger partial charge in [0.1, 0.15) is 12.5 Å². The Morgan fingerprint density at radius 3 is 2.43 bits per heavy atom. The van der Waals surface area contributed by atoms with Crippen LogP contribution < -0.4 is 0 Å². The first kappa shape index (κ1) is 20.2. The molecular formula is C23H36O5. The summed E-state index contributed by atoms with van der Waals surface area (Å²) in [5, 5.41) is 20.2. The quantitative estimate of drug-likeness (QED) is 0.556. The zero-order valence-corrected chi connectivity index (χ0v) is 17.8. The topological polar surface area (TPSA) is 83.8 Å². The molecule has 0 radical (unpaired) electrons. The Balaban J connectivity index is 1.67. The van der Waals surface area contributed by atoms with Crippen LogP contribution in [0.3, 0.4) is 0 Å². The molecule has 2 bridgehead atoms. The number of esters is 1. The zero-order chi connectivity index (χ0) is 20.5. The Labute approximate surface area is 168 Å². The molecule has 7 unspecified atom stereocenters. The van der Waals surface area contributed by atoms with Crippen molar-refractivity contribution in [3.8, 4) is 0 Å². The van der Waals surface area contributed by atoms with Crippen molar-refractivity contribution in [1.82, 2.24) is 0 Å². The molecule has 0 heterocycles. The van der Waals surface area contributed by atoms with Gasteiger partial charge in [0, 0.05) is 5.41 Å². The minimum Gasteiger partial charge on any atom is -0.481 e. The van der Waals surface area contributed by atoms with Crippen molar-refractivity contribution in [3.05, 3.63) is 0 Å². The van der Waals surface area contributed by atoms with Gasteiger partial charge >= 0.3 is 11.9 Å². The minimum atomic E-state index is -1.15. The number of rotatable bonds is 3. The lowest BCUT2D eigenvalue weighted by Crippen LogP contribution is -2.64. The molecule has 0 aliphatic heterocycles. The standard InChI is InChI=1S/C23H36O5/c1-20(2)6-5-7-22(4)16(20)11-15(24)14-10-17(28-19(27)12-18(25)26)21(3)8-9-23(14,22)13-21/h14-17,24H,5-13H2,1-4H3,(H,25,26). The lowest BCUT2D eigenvalue weighted by molar-refractivity contribution is -0.228. The van der Waals surface area contributed by atoms with Crippen molar-refractivity contribution < 1.29 is 24.5 Å². The molecule has 0 aromatic heterocycles. The van der Waals surface area contributed by atoms with E-state index < -0.39 is 18.4 Å².